The number of hydrogen-bond acceptors (Lipinski definition) is 9. The zero-order chi connectivity index (χ0) is 26.0. The number of aromatic hydroxyl groups is 1. The average molecular weight is 485 g/mol. The van der Waals surface area contributed by atoms with Crippen molar-refractivity contribution < 1.29 is 39.6 Å². The van der Waals surface area contributed by atoms with Gasteiger partial charge in [-0.15, -0.1) is 0 Å². The fourth-order valence-corrected chi connectivity index (χ4v) is 5.56. The predicted molar refractivity (Wildman–Crippen MR) is 123 cm³/mol. The molecule has 0 unspecified atom stereocenters. The van der Waals surface area contributed by atoms with E-state index in [1.165, 1.54) is 25.1 Å². The minimum Gasteiger partial charge on any atom is -0.508 e. The Bertz CT molecular complexity index is 1250. The number of aliphatic hydroxyl groups excluding tert-OH is 2. The first-order chi connectivity index (χ1) is 16.4. The third kappa shape index (κ3) is 3.34. The Hall–Kier alpha value is -3.70. The maximum atomic E-state index is 13.7. The molecule has 0 aliphatic heterocycles. The molecule has 4 atom stereocenters. The van der Waals surface area contributed by atoms with Gasteiger partial charge >= 0.3 is 0 Å². The van der Waals surface area contributed by atoms with Gasteiger partial charge in [-0.25, -0.2) is 0 Å². The number of hydrogen-bond donors (Lipinski definition) is 6. The van der Waals surface area contributed by atoms with Crippen molar-refractivity contribution in [1.29, 1.82) is 0 Å². The van der Waals surface area contributed by atoms with Crippen LogP contribution in [0.5, 0.6) is 5.75 Å². The van der Waals surface area contributed by atoms with E-state index in [2.05, 4.69) is 5.32 Å². The fourth-order valence-electron chi connectivity index (χ4n) is 5.56. The van der Waals surface area contributed by atoms with Gasteiger partial charge < -0.3 is 31.5 Å². The normalized spacial score (nSPS) is 28.0. The number of phenols is 1. The summed E-state index contributed by atoms with van der Waals surface area (Å²) in [6, 6.07) is 1.96. The van der Waals surface area contributed by atoms with Gasteiger partial charge in [0.05, 0.1) is 17.3 Å². The zero-order valence-corrected chi connectivity index (χ0v) is 19.5. The highest BCUT2D eigenvalue weighted by molar-refractivity contribution is 6.24. The van der Waals surface area contributed by atoms with Gasteiger partial charge in [0.15, 0.2) is 11.4 Å². The minimum atomic E-state index is -2.69. The largest absolute Gasteiger partial charge is 0.508 e. The molecule has 11 nitrogen and oxygen atoms in total. The summed E-state index contributed by atoms with van der Waals surface area (Å²) in [6.45, 7) is 1.63. The van der Waals surface area contributed by atoms with Crippen LogP contribution in [-0.4, -0.2) is 74.4 Å². The number of phenolic OH excluding ortho intramolecular Hbond substituents is 1. The molecule has 186 valence electrons. The molecule has 4 rings (SSSR count). The van der Waals surface area contributed by atoms with E-state index in [0.29, 0.717) is 5.56 Å². The summed E-state index contributed by atoms with van der Waals surface area (Å²) in [5.41, 5.74) is 1.97. The van der Waals surface area contributed by atoms with Crippen LogP contribution in [0.3, 0.4) is 0 Å². The first-order valence-electron chi connectivity index (χ1n) is 11.2. The van der Waals surface area contributed by atoms with Gasteiger partial charge in [-0.2, -0.15) is 0 Å². The summed E-state index contributed by atoms with van der Waals surface area (Å²) >= 11 is 0. The standard InChI is InChI=1S/C24H27N3O8/c1-4-13(28)26-12-6-5-9-7-10-8-11-17(27(2)3)20(31)16(23(25)34)22(33)24(11,35)21(32)15(10)19(30)14(9)18(12)29/h5-6,10-11,17,29-30,33,35H,4,7-8H2,1-3H3,(H2,25,34)(H,26,28)/t10-,11-,17-,24-/m0/s1. The van der Waals surface area contributed by atoms with Crippen molar-refractivity contribution in [2.75, 3.05) is 19.4 Å². The zero-order valence-electron chi connectivity index (χ0n) is 19.5. The van der Waals surface area contributed by atoms with E-state index >= 15 is 0 Å². The van der Waals surface area contributed by atoms with Gasteiger partial charge in [-0.3, -0.25) is 24.1 Å². The summed E-state index contributed by atoms with van der Waals surface area (Å²) in [4.78, 5) is 52.0. The van der Waals surface area contributed by atoms with Crippen LogP contribution in [0, 0.1) is 11.8 Å². The monoisotopic (exact) mass is 485 g/mol. The van der Waals surface area contributed by atoms with Crippen LogP contribution >= 0.6 is 0 Å². The lowest BCUT2D eigenvalue weighted by Gasteiger charge is -2.50. The van der Waals surface area contributed by atoms with Crippen molar-refractivity contribution in [3.63, 3.8) is 0 Å². The second-order valence-electron chi connectivity index (χ2n) is 9.36. The number of likely N-dealkylation sites (N-methyl/N-ethyl adjacent to an activating group) is 1. The van der Waals surface area contributed by atoms with E-state index in [1.54, 1.807) is 13.0 Å². The Kier molecular flexibility index (Phi) is 5.73. The van der Waals surface area contributed by atoms with Crippen molar-refractivity contribution in [1.82, 2.24) is 4.90 Å². The van der Waals surface area contributed by atoms with Crippen LogP contribution < -0.4 is 11.1 Å². The third-order valence-corrected chi connectivity index (χ3v) is 7.19. The lowest BCUT2D eigenvalue weighted by atomic mass is 9.57. The highest BCUT2D eigenvalue weighted by atomic mass is 16.3. The number of nitrogens with zero attached hydrogens (tertiary/aromatic N) is 1. The number of nitrogens with two attached hydrogens (primary N) is 1. The quantitative estimate of drug-likeness (QED) is 0.257. The average Bonchev–Trinajstić information content (AvgIpc) is 2.77. The summed E-state index contributed by atoms with van der Waals surface area (Å²) < 4.78 is 0. The molecule has 2 amide bonds. The lowest BCUT2D eigenvalue weighted by molar-refractivity contribution is -0.153. The summed E-state index contributed by atoms with van der Waals surface area (Å²) in [5, 5.41) is 46.8. The van der Waals surface area contributed by atoms with E-state index in [4.69, 9.17) is 5.73 Å². The number of anilines is 1. The first-order valence-corrected chi connectivity index (χ1v) is 11.2. The first kappa shape index (κ1) is 24.4. The molecule has 1 fully saturated rings. The van der Waals surface area contributed by atoms with Crippen LogP contribution in [0.15, 0.2) is 29.0 Å². The van der Waals surface area contributed by atoms with Gasteiger partial charge in [0.2, 0.25) is 11.7 Å². The highest BCUT2D eigenvalue weighted by Gasteiger charge is 2.64. The van der Waals surface area contributed by atoms with E-state index < -0.39 is 63.8 Å². The Morgan fingerprint density at radius 2 is 1.86 bits per heavy atom. The number of carbonyl (C=O) groups excluding carboxylic acids is 4. The van der Waals surface area contributed by atoms with E-state index in [0.717, 1.165) is 0 Å². The molecular weight excluding hydrogens is 458 g/mol. The minimum absolute atomic E-state index is 0.0147. The number of ketones is 2. The lowest BCUT2D eigenvalue weighted by Crippen LogP contribution is -2.65. The molecule has 3 aliphatic carbocycles. The predicted octanol–water partition coefficient (Wildman–Crippen LogP) is 0.313. The van der Waals surface area contributed by atoms with Gasteiger partial charge in [0.1, 0.15) is 22.8 Å². The number of carbonyl (C=O) groups is 4. The fraction of sp³-hybridized carbons (Fsp3) is 0.417. The smallest absolute Gasteiger partial charge is 0.255 e. The number of rotatable bonds is 4. The van der Waals surface area contributed by atoms with Crippen LogP contribution in [-0.2, 0) is 25.6 Å². The van der Waals surface area contributed by atoms with Gasteiger partial charge in [0.25, 0.3) is 5.91 Å². The van der Waals surface area contributed by atoms with E-state index in [1.807, 2.05) is 0 Å². The van der Waals surface area contributed by atoms with Gasteiger partial charge in [0, 0.05) is 17.9 Å². The molecule has 1 saturated carbocycles. The number of amides is 2. The Balaban J connectivity index is 1.92. The third-order valence-electron chi connectivity index (χ3n) is 7.19. The molecular formula is C24H27N3O8. The summed E-state index contributed by atoms with van der Waals surface area (Å²) in [6.07, 6.45) is 0.350. The number of benzene rings is 1. The maximum Gasteiger partial charge on any atom is 0.255 e. The van der Waals surface area contributed by atoms with Gasteiger partial charge in [-0.1, -0.05) is 13.0 Å². The van der Waals surface area contributed by atoms with Crippen LogP contribution in [0.2, 0.25) is 0 Å². The topological polar surface area (TPSA) is 190 Å². The van der Waals surface area contributed by atoms with E-state index in [-0.39, 0.29) is 42.0 Å². The van der Waals surface area contributed by atoms with Crippen LogP contribution in [0.25, 0.3) is 5.76 Å². The van der Waals surface area contributed by atoms with Crippen LogP contribution in [0.4, 0.5) is 5.69 Å². The highest BCUT2D eigenvalue weighted by Crippen LogP contribution is 2.53. The maximum absolute atomic E-state index is 13.7. The summed E-state index contributed by atoms with van der Waals surface area (Å²) in [5.74, 6) is -7.51. The molecule has 3 aliphatic rings. The summed E-state index contributed by atoms with van der Waals surface area (Å²) in [7, 11) is 3.08. The second-order valence-corrected chi connectivity index (χ2v) is 9.36. The molecule has 0 heterocycles. The second kappa shape index (κ2) is 8.21. The number of aliphatic hydroxyl groups is 3. The molecule has 35 heavy (non-hydrogen) atoms. The van der Waals surface area contributed by atoms with E-state index in [9.17, 15) is 39.6 Å². The molecule has 7 N–H and O–H groups in total. The molecule has 0 saturated heterocycles. The van der Waals surface area contributed by atoms with Crippen molar-refractivity contribution in [3.8, 4) is 5.75 Å². The van der Waals surface area contributed by atoms with Gasteiger partial charge in [-0.05, 0) is 44.5 Å². The Morgan fingerprint density at radius 3 is 2.43 bits per heavy atom. The number of nitrogens with one attached hydrogen (secondary N) is 1. The number of fused-ring (bicyclic) bond motifs is 3. The van der Waals surface area contributed by atoms with Crippen molar-refractivity contribution in [2.45, 2.75) is 37.8 Å². The van der Waals surface area contributed by atoms with Crippen molar-refractivity contribution >= 4 is 34.8 Å². The van der Waals surface area contributed by atoms with Crippen molar-refractivity contribution in [2.24, 2.45) is 17.6 Å². The molecule has 0 spiro atoms. The SMILES string of the molecule is CCC(=O)Nc1ccc2c(c1O)C(O)=C1C(=O)[C@]3(O)C(O)=C(C(N)=O)C(=O)[C@@H](N(C)C)[C@@H]3C[C@@H]1C2. The molecule has 1 aromatic carbocycles. The molecule has 0 aromatic heterocycles. The Labute approximate surface area is 200 Å². The van der Waals surface area contributed by atoms with Crippen LogP contribution in [0.1, 0.15) is 30.9 Å². The van der Waals surface area contributed by atoms with Crippen molar-refractivity contribution in [3.05, 3.63) is 40.2 Å². The molecule has 1 aromatic rings. The Morgan fingerprint density at radius 1 is 1.20 bits per heavy atom. The molecule has 0 bridgehead atoms. The number of Topliss-reactive ketones (excluding diaryl/α,β-unsaturated/α-hetero) is 2. The molecule has 0 radical (unpaired) electrons. The molecule has 11 heteroatoms. The number of primary amides is 1.